The lowest BCUT2D eigenvalue weighted by atomic mass is 10.2. The van der Waals surface area contributed by atoms with Gasteiger partial charge in [-0.3, -0.25) is 4.68 Å². The van der Waals surface area contributed by atoms with E-state index in [4.69, 9.17) is 23.2 Å². The van der Waals surface area contributed by atoms with Crippen LogP contribution in [0.25, 0.3) is 11.3 Å². The van der Waals surface area contributed by atoms with Gasteiger partial charge < -0.3 is 5.32 Å². The van der Waals surface area contributed by atoms with Crippen molar-refractivity contribution >= 4 is 29.2 Å². The third-order valence-corrected chi connectivity index (χ3v) is 3.99. The Bertz CT molecular complexity index is 844. The average Bonchev–Trinajstić information content (AvgIpc) is 2.87. The Morgan fingerprint density at radius 1 is 1.22 bits per heavy atom. The summed E-state index contributed by atoms with van der Waals surface area (Å²) in [6.07, 6.45) is 3.66. The van der Waals surface area contributed by atoms with E-state index >= 15 is 0 Å². The van der Waals surface area contributed by atoms with E-state index < -0.39 is 0 Å². The molecule has 7 heteroatoms. The molecule has 3 aromatic rings. The number of aromatic nitrogens is 4. The van der Waals surface area contributed by atoms with E-state index in [1.165, 1.54) is 0 Å². The van der Waals surface area contributed by atoms with Crippen molar-refractivity contribution in [3.05, 3.63) is 58.0 Å². The molecule has 0 aliphatic carbocycles. The fourth-order valence-electron chi connectivity index (χ4n) is 2.30. The molecule has 2 heterocycles. The van der Waals surface area contributed by atoms with Crippen molar-refractivity contribution in [2.24, 2.45) is 7.05 Å². The van der Waals surface area contributed by atoms with Crippen LogP contribution in [0.4, 0.5) is 5.95 Å². The minimum absolute atomic E-state index is 0.495. The Kier molecular flexibility index (Phi) is 4.50. The van der Waals surface area contributed by atoms with Gasteiger partial charge in [0, 0.05) is 41.6 Å². The maximum absolute atomic E-state index is 6.16. The van der Waals surface area contributed by atoms with Crippen LogP contribution in [0.5, 0.6) is 0 Å². The van der Waals surface area contributed by atoms with Crippen LogP contribution in [-0.4, -0.2) is 19.7 Å². The molecule has 23 heavy (non-hydrogen) atoms. The smallest absolute Gasteiger partial charge is 0.223 e. The topological polar surface area (TPSA) is 55.6 Å². The lowest BCUT2D eigenvalue weighted by Gasteiger charge is -2.08. The van der Waals surface area contributed by atoms with Crippen molar-refractivity contribution in [2.45, 2.75) is 13.5 Å². The first-order chi connectivity index (χ1) is 11.0. The molecule has 1 aromatic carbocycles. The number of hydrogen-bond acceptors (Lipinski definition) is 4. The molecule has 5 nitrogen and oxygen atoms in total. The fraction of sp³-hybridized carbons (Fsp3) is 0.188. The zero-order valence-corrected chi connectivity index (χ0v) is 14.2. The quantitative estimate of drug-likeness (QED) is 0.771. The second-order valence-corrected chi connectivity index (χ2v) is 6.00. The normalized spacial score (nSPS) is 10.8. The number of halogens is 2. The monoisotopic (exact) mass is 347 g/mol. The van der Waals surface area contributed by atoms with E-state index in [1.54, 1.807) is 23.0 Å². The number of rotatable bonds is 4. The molecule has 0 aliphatic heterocycles. The summed E-state index contributed by atoms with van der Waals surface area (Å²) in [4.78, 5) is 8.78. The Hall–Kier alpha value is -2.11. The molecule has 0 unspecified atom stereocenters. The van der Waals surface area contributed by atoms with Crippen LogP contribution in [-0.2, 0) is 13.6 Å². The van der Waals surface area contributed by atoms with Crippen molar-refractivity contribution in [2.75, 3.05) is 5.32 Å². The average molecular weight is 348 g/mol. The summed E-state index contributed by atoms with van der Waals surface area (Å²) in [6.45, 7) is 2.45. The van der Waals surface area contributed by atoms with Crippen LogP contribution in [0.2, 0.25) is 10.0 Å². The number of benzene rings is 1. The molecule has 0 radical (unpaired) electrons. The van der Waals surface area contributed by atoms with Crippen molar-refractivity contribution in [1.29, 1.82) is 0 Å². The van der Waals surface area contributed by atoms with Crippen LogP contribution >= 0.6 is 23.2 Å². The molecular weight excluding hydrogens is 333 g/mol. The van der Waals surface area contributed by atoms with Crippen molar-refractivity contribution in [1.82, 2.24) is 19.7 Å². The van der Waals surface area contributed by atoms with Crippen LogP contribution < -0.4 is 5.32 Å². The second-order valence-electron chi connectivity index (χ2n) is 5.16. The molecule has 0 spiro atoms. The third-order valence-electron chi connectivity index (χ3n) is 3.39. The molecule has 0 aliphatic rings. The number of nitrogens with one attached hydrogen (secondary N) is 1. The molecule has 0 bridgehead atoms. The second kappa shape index (κ2) is 6.56. The largest absolute Gasteiger partial charge is 0.350 e. The molecular formula is C16H15Cl2N5. The molecule has 2 aromatic heterocycles. The fourth-order valence-corrected chi connectivity index (χ4v) is 2.68. The summed E-state index contributed by atoms with van der Waals surface area (Å²) in [5.41, 5.74) is 3.63. The van der Waals surface area contributed by atoms with Crippen molar-refractivity contribution in [3.8, 4) is 11.3 Å². The van der Waals surface area contributed by atoms with E-state index in [1.807, 2.05) is 32.3 Å². The molecule has 3 rings (SSSR count). The minimum Gasteiger partial charge on any atom is -0.350 e. The van der Waals surface area contributed by atoms with Crippen LogP contribution in [0.15, 0.2) is 36.7 Å². The van der Waals surface area contributed by atoms with E-state index in [2.05, 4.69) is 20.4 Å². The number of nitrogens with zero attached hydrogens (tertiary/aromatic N) is 4. The first-order valence-electron chi connectivity index (χ1n) is 7.04. The summed E-state index contributed by atoms with van der Waals surface area (Å²) < 4.78 is 1.77. The number of anilines is 1. The van der Waals surface area contributed by atoms with E-state index in [9.17, 15) is 0 Å². The van der Waals surface area contributed by atoms with Gasteiger partial charge in [-0.25, -0.2) is 9.97 Å². The van der Waals surface area contributed by atoms with E-state index in [0.29, 0.717) is 22.5 Å². The van der Waals surface area contributed by atoms with Gasteiger partial charge in [0.2, 0.25) is 5.95 Å². The first-order valence-corrected chi connectivity index (χ1v) is 7.80. The molecule has 0 saturated heterocycles. The maximum atomic E-state index is 6.16. The number of aryl methyl sites for hydroxylation is 2. The summed E-state index contributed by atoms with van der Waals surface area (Å²) >= 11 is 12.2. The highest BCUT2D eigenvalue weighted by Crippen LogP contribution is 2.23. The predicted octanol–water partition coefficient (Wildman–Crippen LogP) is 4.10. The lowest BCUT2D eigenvalue weighted by Crippen LogP contribution is -2.04. The highest BCUT2D eigenvalue weighted by Gasteiger charge is 2.09. The minimum atomic E-state index is 0.495. The van der Waals surface area contributed by atoms with Crippen LogP contribution in [0, 0.1) is 6.92 Å². The van der Waals surface area contributed by atoms with Gasteiger partial charge in [0.05, 0.1) is 11.4 Å². The van der Waals surface area contributed by atoms with Gasteiger partial charge >= 0.3 is 0 Å². The molecule has 0 saturated carbocycles. The molecule has 0 fully saturated rings. The molecule has 118 valence electrons. The zero-order chi connectivity index (χ0) is 16.4. The Labute approximate surface area is 144 Å². The Morgan fingerprint density at radius 2 is 2.04 bits per heavy atom. The molecule has 0 amide bonds. The van der Waals surface area contributed by atoms with Gasteiger partial charge in [0.25, 0.3) is 0 Å². The summed E-state index contributed by atoms with van der Waals surface area (Å²) in [6, 6.07) is 7.22. The zero-order valence-electron chi connectivity index (χ0n) is 12.7. The molecule has 0 atom stereocenters. The predicted molar refractivity (Wildman–Crippen MR) is 92.8 cm³/mol. The highest BCUT2D eigenvalue weighted by molar-refractivity contribution is 6.33. The van der Waals surface area contributed by atoms with E-state index in [0.717, 1.165) is 22.5 Å². The molecule has 1 N–H and O–H groups in total. The third kappa shape index (κ3) is 3.63. The standard InChI is InChI=1S/C16H15Cl2N5/c1-10-13(9-23(2)22-10)15-5-6-19-16(21-15)20-8-11-7-12(17)3-4-14(11)18/h3-7,9H,8H2,1-2H3,(H,19,20,21). The van der Waals surface area contributed by atoms with Gasteiger partial charge in [-0.15, -0.1) is 0 Å². The summed E-state index contributed by atoms with van der Waals surface area (Å²) in [5, 5.41) is 8.81. The highest BCUT2D eigenvalue weighted by atomic mass is 35.5. The summed E-state index contributed by atoms with van der Waals surface area (Å²) in [7, 11) is 1.89. The van der Waals surface area contributed by atoms with Crippen LogP contribution in [0.3, 0.4) is 0 Å². The van der Waals surface area contributed by atoms with Gasteiger partial charge in [-0.2, -0.15) is 5.10 Å². The SMILES string of the molecule is Cc1nn(C)cc1-c1ccnc(NCc2cc(Cl)ccc2Cl)n1. The van der Waals surface area contributed by atoms with Crippen molar-refractivity contribution in [3.63, 3.8) is 0 Å². The van der Waals surface area contributed by atoms with Gasteiger partial charge in [0.15, 0.2) is 0 Å². The first kappa shape index (κ1) is 15.8. The van der Waals surface area contributed by atoms with Crippen molar-refractivity contribution < 1.29 is 0 Å². The lowest BCUT2D eigenvalue weighted by molar-refractivity contribution is 0.756. The Balaban J connectivity index is 1.80. The summed E-state index contributed by atoms with van der Waals surface area (Å²) in [5.74, 6) is 0.529. The van der Waals surface area contributed by atoms with Gasteiger partial charge in [-0.1, -0.05) is 23.2 Å². The van der Waals surface area contributed by atoms with Gasteiger partial charge in [0.1, 0.15) is 0 Å². The van der Waals surface area contributed by atoms with E-state index in [-0.39, 0.29) is 0 Å². The Morgan fingerprint density at radius 3 is 2.78 bits per heavy atom. The van der Waals surface area contributed by atoms with Gasteiger partial charge in [-0.05, 0) is 36.8 Å². The maximum Gasteiger partial charge on any atom is 0.223 e. The van der Waals surface area contributed by atoms with Crippen LogP contribution in [0.1, 0.15) is 11.3 Å². The number of hydrogen-bond donors (Lipinski definition) is 1.